The number of carbonyl (C=O) groups is 3. The number of carbonyl (C=O) groups excluding carboxylic acids is 3. The molecule has 3 N–H and O–H groups in total. The molecule has 0 radical (unpaired) electrons. The number of pyridine rings is 1. The third-order valence-corrected chi connectivity index (χ3v) is 7.02. The first-order chi connectivity index (χ1) is 17.5. The summed E-state index contributed by atoms with van der Waals surface area (Å²) in [6.45, 7) is 8.08. The van der Waals surface area contributed by atoms with Gasteiger partial charge in [0.05, 0.1) is 17.7 Å². The van der Waals surface area contributed by atoms with Crippen LogP contribution in [-0.4, -0.2) is 71.0 Å². The first-order valence-electron chi connectivity index (χ1n) is 12.1. The first-order valence-corrected chi connectivity index (χ1v) is 12.5. The van der Waals surface area contributed by atoms with Gasteiger partial charge in [-0.2, -0.15) is 10.5 Å². The van der Waals surface area contributed by atoms with Crippen LogP contribution in [0.3, 0.4) is 0 Å². The number of fused-ring (bicyclic) bond motifs is 1. The lowest BCUT2D eigenvalue weighted by atomic mass is 9.99. The summed E-state index contributed by atoms with van der Waals surface area (Å²) >= 11 is 5.35. The number of nitrogens with one attached hydrogen (secondary N) is 3. The molecule has 4 amide bonds. The lowest BCUT2D eigenvalue weighted by Gasteiger charge is -2.35. The van der Waals surface area contributed by atoms with E-state index in [-0.39, 0.29) is 18.6 Å². The van der Waals surface area contributed by atoms with Gasteiger partial charge in [-0.25, -0.2) is 14.9 Å². The molecule has 0 aliphatic carbocycles. The van der Waals surface area contributed by atoms with Gasteiger partial charge in [-0.1, -0.05) is 19.1 Å². The second-order valence-corrected chi connectivity index (χ2v) is 10.6. The Morgan fingerprint density at radius 3 is 2.38 bits per heavy atom. The molecule has 3 aliphatic heterocycles. The quantitative estimate of drug-likeness (QED) is 0.393. The number of hydrogen-bond acceptors (Lipinski definition) is 9. The molecule has 4 heterocycles. The number of nitrogens with zero attached hydrogens (tertiary/aromatic N) is 4. The van der Waals surface area contributed by atoms with Crippen molar-refractivity contribution in [2.45, 2.75) is 70.4 Å². The number of H-pyrrole nitrogens is 1. The number of nitriles is 2. The van der Waals surface area contributed by atoms with Gasteiger partial charge < -0.3 is 24.7 Å². The molecule has 0 bridgehead atoms. The van der Waals surface area contributed by atoms with Gasteiger partial charge in [-0.05, 0) is 45.6 Å². The molecule has 3 fully saturated rings. The Bertz CT molecular complexity index is 1280. The molecule has 4 rings (SSSR count). The molecule has 3 aliphatic rings. The highest BCUT2D eigenvalue weighted by Crippen LogP contribution is 2.51. The van der Waals surface area contributed by atoms with E-state index in [0.29, 0.717) is 59.5 Å². The number of anilines is 1. The van der Waals surface area contributed by atoms with Gasteiger partial charge >= 0.3 is 12.1 Å². The fraction of sp³-hybridized carbons (Fsp3) is 0.583. The summed E-state index contributed by atoms with van der Waals surface area (Å²) in [4.78, 5) is 43.8. The fourth-order valence-corrected chi connectivity index (χ4v) is 5.08. The standard InChI is InChI=1S/C24H29N7O5S/c1-5-14-15(10-25)17(28-18(37)16(14)11-26)30-8-6-13(7-9-30)27-19(32)24-12-35-20(24)31(24)21(33)29-22(34)36-23(2,3)4/h13,20H,5-9,12H2,1-4H3,(H,27,32)(H,28,37)(H,29,33,34). The Balaban J connectivity index is 1.37. The predicted octanol–water partition coefficient (Wildman–Crippen LogP) is 2.19. The van der Waals surface area contributed by atoms with Crippen molar-refractivity contribution in [3.8, 4) is 12.1 Å². The van der Waals surface area contributed by atoms with Gasteiger partial charge in [0.25, 0.3) is 5.91 Å². The average Bonchev–Trinajstić information content (AvgIpc) is 3.32. The zero-order valence-corrected chi connectivity index (χ0v) is 22.0. The summed E-state index contributed by atoms with van der Waals surface area (Å²) in [6.07, 6.45) is 0.109. The maximum Gasteiger partial charge on any atom is 0.415 e. The summed E-state index contributed by atoms with van der Waals surface area (Å²) < 4.78 is 10.8. The number of rotatable bonds is 4. The van der Waals surface area contributed by atoms with Crippen molar-refractivity contribution in [3.63, 3.8) is 0 Å². The van der Waals surface area contributed by atoms with Crippen molar-refractivity contribution in [2.75, 3.05) is 24.6 Å². The molecule has 196 valence electrons. The van der Waals surface area contributed by atoms with Crippen molar-refractivity contribution in [2.24, 2.45) is 0 Å². The minimum Gasteiger partial charge on any atom is -0.443 e. The lowest BCUT2D eigenvalue weighted by Crippen LogP contribution is -2.55. The zero-order valence-electron chi connectivity index (χ0n) is 21.1. The third kappa shape index (κ3) is 4.72. The van der Waals surface area contributed by atoms with Crippen LogP contribution in [0.4, 0.5) is 15.4 Å². The van der Waals surface area contributed by atoms with E-state index in [0.717, 1.165) is 0 Å². The first kappa shape index (κ1) is 26.4. The Morgan fingerprint density at radius 1 is 1.22 bits per heavy atom. The summed E-state index contributed by atoms with van der Waals surface area (Å²) in [7, 11) is 0. The van der Waals surface area contributed by atoms with Crippen molar-refractivity contribution < 1.29 is 23.9 Å². The van der Waals surface area contributed by atoms with Crippen LogP contribution in [0.5, 0.6) is 0 Å². The van der Waals surface area contributed by atoms with Crippen molar-refractivity contribution in [1.29, 1.82) is 10.5 Å². The molecule has 12 nitrogen and oxygen atoms in total. The van der Waals surface area contributed by atoms with E-state index in [2.05, 4.69) is 27.8 Å². The van der Waals surface area contributed by atoms with E-state index >= 15 is 0 Å². The second-order valence-electron chi connectivity index (χ2n) is 10.2. The Hall–Kier alpha value is -3.68. The Kier molecular flexibility index (Phi) is 6.88. The van der Waals surface area contributed by atoms with E-state index in [1.807, 2.05) is 11.8 Å². The highest BCUT2D eigenvalue weighted by atomic mass is 32.1. The maximum absolute atomic E-state index is 13.1. The fourth-order valence-electron chi connectivity index (χ4n) is 4.82. The minimum absolute atomic E-state index is 0.0528. The molecular formula is C24H29N7O5S. The number of piperidine rings is 1. The number of imide groups is 1. The number of amides is 4. The smallest absolute Gasteiger partial charge is 0.415 e. The topological polar surface area (TPSA) is 163 Å². The second kappa shape index (κ2) is 9.65. The van der Waals surface area contributed by atoms with Gasteiger partial charge in [-0.15, -0.1) is 0 Å². The van der Waals surface area contributed by atoms with Crippen LogP contribution in [0.15, 0.2) is 0 Å². The van der Waals surface area contributed by atoms with Crippen molar-refractivity contribution in [1.82, 2.24) is 20.5 Å². The van der Waals surface area contributed by atoms with Crippen LogP contribution in [0, 0.1) is 27.3 Å². The molecular weight excluding hydrogens is 498 g/mol. The number of aromatic nitrogens is 1. The van der Waals surface area contributed by atoms with E-state index in [4.69, 9.17) is 21.7 Å². The van der Waals surface area contributed by atoms with Crippen molar-refractivity contribution in [3.05, 3.63) is 21.3 Å². The van der Waals surface area contributed by atoms with Crippen LogP contribution in [-0.2, 0) is 20.7 Å². The highest BCUT2D eigenvalue weighted by molar-refractivity contribution is 7.71. The summed E-state index contributed by atoms with van der Waals surface area (Å²) in [5.74, 6) is 0.261. The monoisotopic (exact) mass is 527 g/mol. The van der Waals surface area contributed by atoms with Crippen molar-refractivity contribution >= 4 is 36.1 Å². The van der Waals surface area contributed by atoms with Crippen LogP contribution >= 0.6 is 12.2 Å². The van der Waals surface area contributed by atoms with Crippen LogP contribution < -0.4 is 15.5 Å². The number of alkyl carbamates (subject to hydrolysis) is 1. The minimum atomic E-state index is -1.12. The van der Waals surface area contributed by atoms with Crippen LogP contribution in [0.2, 0.25) is 0 Å². The molecule has 13 heteroatoms. The average molecular weight is 528 g/mol. The largest absolute Gasteiger partial charge is 0.443 e. The molecule has 0 aromatic carbocycles. The van der Waals surface area contributed by atoms with Gasteiger partial charge in [0.1, 0.15) is 28.2 Å². The Morgan fingerprint density at radius 2 is 1.86 bits per heavy atom. The van der Waals surface area contributed by atoms with E-state index in [1.165, 1.54) is 4.90 Å². The molecule has 1 aromatic heterocycles. The van der Waals surface area contributed by atoms with E-state index < -0.39 is 29.5 Å². The molecule has 0 spiro atoms. The number of urea groups is 1. The van der Waals surface area contributed by atoms with Gasteiger partial charge in [0, 0.05) is 19.1 Å². The Labute approximate surface area is 219 Å². The third-order valence-electron chi connectivity index (χ3n) is 6.71. The van der Waals surface area contributed by atoms with Gasteiger partial charge in [0.15, 0.2) is 11.8 Å². The molecule has 1 aromatic rings. The normalized spacial score (nSPS) is 22.6. The van der Waals surface area contributed by atoms with Gasteiger partial charge in [-0.3, -0.25) is 9.69 Å². The lowest BCUT2D eigenvalue weighted by molar-refractivity contribution is -0.133. The molecule has 0 saturated carbocycles. The van der Waals surface area contributed by atoms with Crippen LogP contribution in [0.1, 0.15) is 57.2 Å². The van der Waals surface area contributed by atoms with E-state index in [9.17, 15) is 24.9 Å². The number of aromatic amines is 1. The van der Waals surface area contributed by atoms with Crippen LogP contribution in [0.25, 0.3) is 0 Å². The SMILES string of the molecule is CCc1c(C#N)c(N2CCC(NC(=O)C34COC3N4C(=O)NC(=O)OC(C)(C)C)CC2)[nH]c(=S)c1C#N. The molecule has 2 atom stereocenters. The molecule has 3 saturated heterocycles. The number of hydrogen-bond donors (Lipinski definition) is 3. The summed E-state index contributed by atoms with van der Waals surface area (Å²) in [5, 5.41) is 24.4. The number of ether oxygens (including phenoxy) is 2. The summed E-state index contributed by atoms with van der Waals surface area (Å²) in [6, 6.07) is 3.41. The molecule has 2 unspecified atom stereocenters. The predicted molar refractivity (Wildman–Crippen MR) is 133 cm³/mol. The highest BCUT2D eigenvalue weighted by Gasteiger charge is 2.79. The van der Waals surface area contributed by atoms with Gasteiger partial charge in [0.2, 0.25) is 0 Å². The van der Waals surface area contributed by atoms with E-state index in [1.54, 1.807) is 20.8 Å². The zero-order chi connectivity index (χ0) is 27.1. The maximum atomic E-state index is 13.1. The molecule has 37 heavy (non-hydrogen) atoms. The summed E-state index contributed by atoms with van der Waals surface area (Å²) in [5.41, 5.74) is -0.523.